The third kappa shape index (κ3) is 3.21. The molecule has 1 atom stereocenters. The summed E-state index contributed by atoms with van der Waals surface area (Å²) in [4.78, 5) is 12.8. The molecule has 0 aliphatic carbocycles. The zero-order valence-electron chi connectivity index (χ0n) is 8.07. The van der Waals surface area contributed by atoms with Gasteiger partial charge in [0.25, 0.3) is 0 Å². The predicted octanol–water partition coefficient (Wildman–Crippen LogP) is 2.65. The monoisotopic (exact) mass is 262 g/mol. The molecule has 15 heavy (non-hydrogen) atoms. The van der Waals surface area contributed by atoms with Crippen LogP contribution in [0.4, 0.5) is 0 Å². The summed E-state index contributed by atoms with van der Waals surface area (Å²) in [7, 11) is 0. The highest BCUT2D eigenvalue weighted by Crippen LogP contribution is 2.23. The Labute approximate surface area is 102 Å². The van der Waals surface area contributed by atoms with Gasteiger partial charge in [-0.3, -0.25) is 4.79 Å². The van der Waals surface area contributed by atoms with E-state index in [1.54, 1.807) is 11.8 Å². The molecule has 0 N–H and O–H groups in total. The van der Waals surface area contributed by atoms with Gasteiger partial charge >= 0.3 is 0 Å². The summed E-state index contributed by atoms with van der Waals surface area (Å²) in [5.74, 6) is 1.95. The first-order valence-electron chi connectivity index (χ1n) is 4.72. The van der Waals surface area contributed by atoms with Crippen LogP contribution < -0.4 is 0 Å². The Morgan fingerprint density at radius 2 is 2.47 bits per heavy atom. The van der Waals surface area contributed by atoms with Crippen molar-refractivity contribution in [3.05, 3.63) is 21.3 Å². The number of hydrogen-bond acceptors (Lipinski definition) is 4. The maximum atomic E-state index is 11.8. The van der Waals surface area contributed by atoms with Gasteiger partial charge in [-0.1, -0.05) is 11.6 Å². The highest BCUT2D eigenvalue weighted by Gasteiger charge is 2.22. The third-order valence-electron chi connectivity index (χ3n) is 2.15. The molecule has 2 nitrogen and oxygen atoms in total. The SMILES string of the molecule is O=C(Cc1ccc(Cl)s1)C1CSCCO1. The first-order chi connectivity index (χ1) is 7.25. The molecule has 0 radical (unpaired) electrons. The molecule has 5 heteroatoms. The van der Waals surface area contributed by atoms with Crippen LogP contribution in [-0.2, 0) is 16.0 Å². The summed E-state index contributed by atoms with van der Waals surface area (Å²) in [5, 5.41) is 0. The molecule has 1 saturated heterocycles. The van der Waals surface area contributed by atoms with Crippen LogP contribution in [0.3, 0.4) is 0 Å². The fourth-order valence-electron chi connectivity index (χ4n) is 1.41. The Morgan fingerprint density at radius 1 is 1.60 bits per heavy atom. The molecular weight excluding hydrogens is 252 g/mol. The number of ketones is 1. The van der Waals surface area contributed by atoms with Gasteiger partial charge < -0.3 is 4.74 Å². The largest absolute Gasteiger partial charge is 0.369 e. The summed E-state index contributed by atoms with van der Waals surface area (Å²) in [6.07, 6.45) is 0.229. The maximum Gasteiger partial charge on any atom is 0.167 e. The number of Topliss-reactive ketones (excluding diaryl/α,β-unsaturated/α-hetero) is 1. The van der Waals surface area contributed by atoms with E-state index in [1.165, 1.54) is 11.3 Å². The number of hydrogen-bond donors (Lipinski definition) is 0. The van der Waals surface area contributed by atoms with Crippen LogP contribution in [0.1, 0.15) is 4.88 Å². The molecule has 82 valence electrons. The van der Waals surface area contributed by atoms with Gasteiger partial charge in [0.2, 0.25) is 0 Å². The second kappa shape index (κ2) is 5.34. The number of thiophene rings is 1. The van der Waals surface area contributed by atoms with Crippen molar-refractivity contribution in [1.82, 2.24) is 0 Å². The van der Waals surface area contributed by atoms with Crippen molar-refractivity contribution >= 4 is 40.5 Å². The van der Waals surface area contributed by atoms with Crippen LogP contribution in [-0.4, -0.2) is 30.0 Å². The summed E-state index contributed by atoms with van der Waals surface area (Å²) in [5.41, 5.74) is 0. The molecule has 0 aromatic carbocycles. The lowest BCUT2D eigenvalue weighted by atomic mass is 10.1. The minimum Gasteiger partial charge on any atom is -0.369 e. The summed E-state index contributed by atoms with van der Waals surface area (Å²) in [6.45, 7) is 0.687. The van der Waals surface area contributed by atoms with Crippen LogP contribution in [0.15, 0.2) is 12.1 Å². The van der Waals surface area contributed by atoms with E-state index in [9.17, 15) is 4.79 Å². The number of thioether (sulfide) groups is 1. The average molecular weight is 263 g/mol. The van der Waals surface area contributed by atoms with Crippen LogP contribution in [0.25, 0.3) is 0 Å². The molecule has 1 aliphatic heterocycles. The second-order valence-electron chi connectivity index (χ2n) is 3.28. The van der Waals surface area contributed by atoms with Crippen molar-refractivity contribution in [2.45, 2.75) is 12.5 Å². The molecule has 2 rings (SSSR count). The smallest absolute Gasteiger partial charge is 0.167 e. The molecule has 1 fully saturated rings. The predicted molar refractivity (Wildman–Crippen MR) is 65.1 cm³/mol. The fourth-order valence-corrected chi connectivity index (χ4v) is 3.38. The van der Waals surface area contributed by atoms with Crippen LogP contribution >= 0.6 is 34.7 Å². The molecule has 0 bridgehead atoms. The number of carbonyl (C=O) groups is 1. The molecule has 0 spiro atoms. The molecular formula is C10H11ClO2S2. The third-order valence-corrected chi connectivity index (χ3v) is 4.38. The minimum absolute atomic E-state index is 0.167. The first kappa shape index (κ1) is 11.5. The Kier molecular flexibility index (Phi) is 4.08. The van der Waals surface area contributed by atoms with Crippen molar-refractivity contribution in [3.63, 3.8) is 0 Å². The van der Waals surface area contributed by atoms with Gasteiger partial charge in [0.1, 0.15) is 6.10 Å². The zero-order chi connectivity index (χ0) is 10.7. The standard InChI is InChI=1S/C10H11ClO2S2/c11-10-2-1-7(15-10)5-8(12)9-6-14-4-3-13-9/h1-2,9H,3-6H2. The highest BCUT2D eigenvalue weighted by atomic mass is 35.5. The van der Waals surface area contributed by atoms with E-state index >= 15 is 0 Å². The van der Waals surface area contributed by atoms with Gasteiger partial charge in [0.05, 0.1) is 10.9 Å². The molecule has 1 aromatic heterocycles. The van der Waals surface area contributed by atoms with E-state index in [2.05, 4.69) is 0 Å². The fraction of sp³-hybridized carbons (Fsp3) is 0.500. The topological polar surface area (TPSA) is 26.3 Å². The van der Waals surface area contributed by atoms with Gasteiger partial charge in [-0.05, 0) is 12.1 Å². The molecule has 2 heterocycles. The Bertz CT molecular complexity index is 345. The lowest BCUT2D eigenvalue weighted by Crippen LogP contribution is -2.32. The van der Waals surface area contributed by atoms with Crippen molar-refractivity contribution in [3.8, 4) is 0 Å². The van der Waals surface area contributed by atoms with E-state index in [1.807, 2.05) is 12.1 Å². The van der Waals surface area contributed by atoms with Gasteiger partial charge in [-0.2, -0.15) is 11.8 Å². The van der Waals surface area contributed by atoms with E-state index in [4.69, 9.17) is 16.3 Å². The van der Waals surface area contributed by atoms with Crippen molar-refractivity contribution in [2.75, 3.05) is 18.1 Å². The van der Waals surface area contributed by atoms with Crippen LogP contribution in [0.5, 0.6) is 0 Å². The Hall–Kier alpha value is -0.0300. The van der Waals surface area contributed by atoms with Crippen LogP contribution in [0.2, 0.25) is 4.34 Å². The summed E-state index contributed by atoms with van der Waals surface area (Å²) < 4.78 is 6.15. The average Bonchev–Trinajstić information content (AvgIpc) is 2.65. The molecule has 1 aliphatic rings. The molecule has 1 aromatic rings. The number of halogens is 1. The van der Waals surface area contributed by atoms with Gasteiger partial charge in [-0.15, -0.1) is 11.3 Å². The normalized spacial score (nSPS) is 21.5. The molecule has 1 unspecified atom stereocenters. The van der Waals surface area contributed by atoms with Crippen molar-refractivity contribution < 1.29 is 9.53 Å². The van der Waals surface area contributed by atoms with Crippen LogP contribution in [0, 0.1) is 0 Å². The van der Waals surface area contributed by atoms with Gasteiger partial charge in [0, 0.05) is 22.8 Å². The number of ether oxygens (including phenoxy) is 1. The van der Waals surface area contributed by atoms with Crippen molar-refractivity contribution in [2.24, 2.45) is 0 Å². The summed E-state index contributed by atoms with van der Waals surface area (Å²) >= 11 is 9.04. The maximum absolute atomic E-state index is 11.8. The minimum atomic E-state index is -0.218. The van der Waals surface area contributed by atoms with Gasteiger partial charge in [-0.25, -0.2) is 0 Å². The van der Waals surface area contributed by atoms with E-state index in [0.29, 0.717) is 13.0 Å². The second-order valence-corrected chi connectivity index (χ2v) is 6.23. The lowest BCUT2D eigenvalue weighted by molar-refractivity contribution is -0.128. The van der Waals surface area contributed by atoms with Gasteiger partial charge in [0.15, 0.2) is 5.78 Å². The zero-order valence-corrected chi connectivity index (χ0v) is 10.5. The summed E-state index contributed by atoms with van der Waals surface area (Å²) in [6, 6.07) is 3.73. The molecule has 0 amide bonds. The number of rotatable bonds is 3. The van der Waals surface area contributed by atoms with E-state index in [0.717, 1.165) is 20.7 Å². The highest BCUT2D eigenvalue weighted by molar-refractivity contribution is 7.99. The number of carbonyl (C=O) groups excluding carboxylic acids is 1. The van der Waals surface area contributed by atoms with E-state index < -0.39 is 0 Å². The molecule has 0 saturated carbocycles. The Morgan fingerprint density at radius 3 is 3.07 bits per heavy atom. The lowest BCUT2D eigenvalue weighted by Gasteiger charge is -2.20. The Balaban J connectivity index is 1.91. The quantitative estimate of drug-likeness (QED) is 0.838. The van der Waals surface area contributed by atoms with Crippen molar-refractivity contribution in [1.29, 1.82) is 0 Å². The van der Waals surface area contributed by atoms with E-state index in [-0.39, 0.29) is 11.9 Å². The first-order valence-corrected chi connectivity index (χ1v) is 7.07.